The van der Waals surface area contributed by atoms with E-state index in [0.29, 0.717) is 16.7 Å². The summed E-state index contributed by atoms with van der Waals surface area (Å²) in [7, 11) is 1.54. The van der Waals surface area contributed by atoms with Crippen molar-refractivity contribution in [2.75, 3.05) is 7.11 Å². The molecule has 2 aromatic carbocycles. The summed E-state index contributed by atoms with van der Waals surface area (Å²) in [4.78, 5) is 25.3. The van der Waals surface area contributed by atoms with Crippen LogP contribution >= 0.6 is 0 Å². The van der Waals surface area contributed by atoms with Crippen LogP contribution in [0.2, 0.25) is 0 Å². The van der Waals surface area contributed by atoms with E-state index in [1.165, 1.54) is 19.4 Å². The SMILES string of the molecule is COc1ccc2nccc(C(=O)O)c2c1.O=C(O)c1cc(O)c(O)c(O)c1. The normalized spacial score (nSPS) is 9.96. The van der Waals surface area contributed by atoms with Gasteiger partial charge in [-0.1, -0.05) is 0 Å². The molecule has 0 spiro atoms. The topological polar surface area (TPSA) is 157 Å². The van der Waals surface area contributed by atoms with Crippen molar-refractivity contribution in [3.8, 4) is 23.0 Å². The lowest BCUT2D eigenvalue weighted by atomic mass is 10.1. The van der Waals surface area contributed by atoms with Gasteiger partial charge >= 0.3 is 11.9 Å². The van der Waals surface area contributed by atoms with Gasteiger partial charge in [-0.05, 0) is 36.4 Å². The van der Waals surface area contributed by atoms with Crippen molar-refractivity contribution >= 4 is 22.8 Å². The van der Waals surface area contributed by atoms with Crippen LogP contribution in [0.3, 0.4) is 0 Å². The maximum Gasteiger partial charge on any atom is 0.336 e. The van der Waals surface area contributed by atoms with Crippen molar-refractivity contribution in [1.29, 1.82) is 0 Å². The van der Waals surface area contributed by atoms with Crippen LogP contribution in [0.25, 0.3) is 10.9 Å². The first-order valence-electron chi connectivity index (χ1n) is 7.39. The molecule has 3 aromatic rings. The van der Waals surface area contributed by atoms with Crippen molar-refractivity contribution < 1.29 is 39.9 Å². The van der Waals surface area contributed by atoms with Gasteiger partial charge in [0.25, 0.3) is 0 Å². The first-order valence-corrected chi connectivity index (χ1v) is 7.39. The van der Waals surface area contributed by atoms with E-state index in [1.54, 1.807) is 18.2 Å². The van der Waals surface area contributed by atoms with Crippen molar-refractivity contribution in [2.24, 2.45) is 0 Å². The van der Waals surface area contributed by atoms with E-state index in [1.807, 2.05) is 0 Å². The second kappa shape index (κ2) is 7.91. The second-order valence-electron chi connectivity index (χ2n) is 5.22. The summed E-state index contributed by atoms with van der Waals surface area (Å²) < 4.78 is 5.04. The zero-order chi connectivity index (χ0) is 20.1. The second-order valence-corrected chi connectivity index (χ2v) is 5.22. The summed E-state index contributed by atoms with van der Waals surface area (Å²) in [5.41, 5.74) is 0.595. The third-order valence-electron chi connectivity index (χ3n) is 3.50. The summed E-state index contributed by atoms with van der Waals surface area (Å²) in [6.45, 7) is 0. The van der Waals surface area contributed by atoms with Crippen LogP contribution in [0.4, 0.5) is 0 Å². The zero-order valence-electron chi connectivity index (χ0n) is 13.9. The minimum absolute atomic E-state index is 0.235. The van der Waals surface area contributed by atoms with Gasteiger partial charge in [0.15, 0.2) is 17.2 Å². The number of aromatic carboxylic acids is 2. The molecular weight excluding hydrogens is 358 g/mol. The Kier molecular flexibility index (Phi) is 5.66. The molecule has 9 heteroatoms. The number of methoxy groups -OCH3 is 1. The van der Waals surface area contributed by atoms with Crippen LogP contribution in [0.5, 0.6) is 23.0 Å². The predicted octanol–water partition coefficient (Wildman–Crippen LogP) is 2.44. The number of aromatic hydroxyl groups is 3. The molecule has 0 saturated heterocycles. The molecule has 0 radical (unpaired) electrons. The number of nitrogens with zero attached hydrogens (tertiary/aromatic N) is 1. The van der Waals surface area contributed by atoms with E-state index < -0.39 is 29.2 Å². The highest BCUT2D eigenvalue weighted by Crippen LogP contribution is 2.35. The average molecular weight is 373 g/mol. The standard InChI is InChI=1S/C11H9NO3.C7H6O5/c1-15-7-2-3-10-9(6-7)8(11(13)14)4-5-12-10;8-4-1-3(7(11)12)2-5(9)6(4)10/h2-6H,1H3,(H,13,14);1-2,8-10H,(H,11,12). The summed E-state index contributed by atoms with van der Waals surface area (Å²) in [5.74, 6) is -3.67. The number of carboxylic acid groups (broad SMARTS) is 2. The van der Waals surface area contributed by atoms with E-state index in [9.17, 15) is 9.59 Å². The molecule has 1 aromatic heterocycles. The number of ether oxygens (including phenoxy) is 1. The van der Waals surface area contributed by atoms with Crippen molar-refractivity contribution in [3.63, 3.8) is 0 Å². The highest BCUT2D eigenvalue weighted by molar-refractivity contribution is 6.02. The Hall–Kier alpha value is -4.01. The zero-order valence-corrected chi connectivity index (χ0v) is 13.9. The molecule has 5 N–H and O–H groups in total. The Morgan fingerprint density at radius 1 is 0.926 bits per heavy atom. The summed E-state index contributed by atoms with van der Waals surface area (Å²) in [5, 5.41) is 44.5. The fourth-order valence-corrected chi connectivity index (χ4v) is 2.17. The van der Waals surface area contributed by atoms with Crippen LogP contribution < -0.4 is 4.74 Å². The van der Waals surface area contributed by atoms with E-state index in [2.05, 4.69) is 4.98 Å². The van der Waals surface area contributed by atoms with E-state index >= 15 is 0 Å². The molecule has 1 heterocycles. The number of rotatable bonds is 3. The Morgan fingerprint density at radius 3 is 2.07 bits per heavy atom. The molecule has 0 fully saturated rings. The number of pyridine rings is 1. The van der Waals surface area contributed by atoms with Crippen LogP contribution in [-0.2, 0) is 0 Å². The van der Waals surface area contributed by atoms with Gasteiger partial charge in [-0.25, -0.2) is 9.59 Å². The first kappa shape index (κ1) is 19.3. The minimum Gasteiger partial charge on any atom is -0.504 e. The largest absolute Gasteiger partial charge is 0.504 e. The Morgan fingerprint density at radius 2 is 1.56 bits per heavy atom. The predicted molar refractivity (Wildman–Crippen MR) is 93.7 cm³/mol. The summed E-state index contributed by atoms with van der Waals surface area (Å²) >= 11 is 0. The number of fused-ring (bicyclic) bond motifs is 1. The summed E-state index contributed by atoms with van der Waals surface area (Å²) in [6.07, 6.45) is 1.48. The number of aromatic nitrogens is 1. The smallest absolute Gasteiger partial charge is 0.336 e. The maximum absolute atomic E-state index is 10.9. The molecule has 0 unspecified atom stereocenters. The van der Waals surface area contributed by atoms with Gasteiger partial charge in [-0.2, -0.15) is 0 Å². The van der Waals surface area contributed by atoms with Gasteiger partial charge in [-0.3, -0.25) is 4.98 Å². The fraction of sp³-hybridized carbons (Fsp3) is 0.0556. The Labute approximate surface area is 152 Å². The molecule has 140 valence electrons. The molecule has 0 amide bonds. The molecule has 0 aliphatic heterocycles. The van der Waals surface area contributed by atoms with Crippen LogP contribution in [0.15, 0.2) is 42.6 Å². The van der Waals surface area contributed by atoms with E-state index in [-0.39, 0.29) is 11.1 Å². The van der Waals surface area contributed by atoms with Gasteiger partial charge < -0.3 is 30.3 Å². The van der Waals surface area contributed by atoms with Crippen molar-refractivity contribution in [3.05, 3.63) is 53.7 Å². The minimum atomic E-state index is -1.29. The molecule has 0 aliphatic rings. The quantitative estimate of drug-likeness (QED) is 0.435. The average Bonchev–Trinajstić information content (AvgIpc) is 2.65. The number of hydrogen-bond donors (Lipinski definition) is 5. The molecule has 0 atom stereocenters. The molecular formula is C18H15NO8. The van der Waals surface area contributed by atoms with Gasteiger partial charge in [0.2, 0.25) is 0 Å². The lowest BCUT2D eigenvalue weighted by Crippen LogP contribution is -1.98. The van der Waals surface area contributed by atoms with Gasteiger partial charge in [0, 0.05) is 11.6 Å². The van der Waals surface area contributed by atoms with Crippen LogP contribution in [0, 0.1) is 0 Å². The van der Waals surface area contributed by atoms with Crippen molar-refractivity contribution in [1.82, 2.24) is 4.98 Å². The Balaban J connectivity index is 0.000000199. The molecule has 0 aliphatic carbocycles. The van der Waals surface area contributed by atoms with Gasteiger partial charge in [0.1, 0.15) is 5.75 Å². The highest BCUT2D eigenvalue weighted by atomic mass is 16.5. The Bertz CT molecular complexity index is 992. The van der Waals surface area contributed by atoms with Crippen LogP contribution in [0.1, 0.15) is 20.7 Å². The third kappa shape index (κ3) is 4.34. The fourth-order valence-electron chi connectivity index (χ4n) is 2.17. The number of phenolic OH excluding ortho intramolecular Hbond substituents is 3. The van der Waals surface area contributed by atoms with Crippen LogP contribution in [-0.4, -0.2) is 49.6 Å². The molecule has 3 rings (SSSR count). The van der Waals surface area contributed by atoms with Gasteiger partial charge in [-0.15, -0.1) is 0 Å². The highest BCUT2D eigenvalue weighted by Gasteiger charge is 2.12. The van der Waals surface area contributed by atoms with E-state index in [4.69, 9.17) is 30.3 Å². The monoisotopic (exact) mass is 373 g/mol. The maximum atomic E-state index is 10.9. The molecule has 9 nitrogen and oxygen atoms in total. The lowest BCUT2D eigenvalue weighted by molar-refractivity contribution is 0.0686. The number of phenols is 3. The molecule has 0 bridgehead atoms. The van der Waals surface area contributed by atoms with Crippen molar-refractivity contribution in [2.45, 2.75) is 0 Å². The van der Waals surface area contributed by atoms with E-state index in [0.717, 1.165) is 12.1 Å². The summed E-state index contributed by atoms with van der Waals surface area (Å²) in [6, 6.07) is 8.33. The number of carboxylic acids is 2. The van der Waals surface area contributed by atoms with Gasteiger partial charge in [0.05, 0.1) is 23.8 Å². The lowest BCUT2D eigenvalue weighted by Gasteiger charge is -2.04. The molecule has 0 saturated carbocycles. The number of benzene rings is 2. The first-order chi connectivity index (χ1) is 12.7. The number of carbonyl (C=O) groups is 2. The molecule has 27 heavy (non-hydrogen) atoms. The number of hydrogen-bond acceptors (Lipinski definition) is 7. The third-order valence-corrected chi connectivity index (χ3v) is 3.50.